The molecule has 1 N–H and O–H groups in total. The number of methoxy groups -OCH3 is 1. The van der Waals surface area contributed by atoms with Gasteiger partial charge in [0.05, 0.1) is 6.61 Å². The Morgan fingerprint density at radius 2 is 1.55 bits per heavy atom. The van der Waals surface area contributed by atoms with E-state index in [9.17, 15) is 5.11 Å². The summed E-state index contributed by atoms with van der Waals surface area (Å²) in [7, 11) is 1.59. The molecule has 0 spiro atoms. The second-order valence-electron chi connectivity index (χ2n) is 7.87. The summed E-state index contributed by atoms with van der Waals surface area (Å²) in [4.78, 5) is 0. The minimum absolute atomic E-state index is 0.0851. The van der Waals surface area contributed by atoms with Crippen LogP contribution in [-0.2, 0) is 23.7 Å². The highest BCUT2D eigenvalue weighted by atomic mass is 16.8. The van der Waals surface area contributed by atoms with Gasteiger partial charge in [0.1, 0.15) is 30.5 Å². The molecule has 156 valence electrons. The largest absolute Gasteiger partial charge is 0.388 e. The number of hydrogen-bond donors (Lipinski definition) is 1. The van der Waals surface area contributed by atoms with Gasteiger partial charge in [-0.05, 0) is 25.0 Å². The van der Waals surface area contributed by atoms with Crippen molar-refractivity contribution in [3.05, 3.63) is 71.8 Å². The van der Waals surface area contributed by atoms with Crippen LogP contribution in [-0.4, -0.2) is 55.3 Å². The molecular formula is C23H28O6. The summed E-state index contributed by atoms with van der Waals surface area (Å²) in [5, 5.41) is 10.8. The van der Waals surface area contributed by atoms with Crippen LogP contribution < -0.4 is 0 Å². The topological polar surface area (TPSA) is 66.4 Å². The third-order valence-corrected chi connectivity index (χ3v) is 5.32. The predicted molar refractivity (Wildman–Crippen MR) is 106 cm³/mol. The molecule has 2 aromatic carbocycles. The lowest BCUT2D eigenvalue weighted by Crippen LogP contribution is -2.44. The summed E-state index contributed by atoms with van der Waals surface area (Å²) in [6.07, 6.45) is -3.16. The van der Waals surface area contributed by atoms with E-state index in [1.54, 1.807) is 7.11 Å². The van der Waals surface area contributed by atoms with E-state index < -0.39 is 30.4 Å². The number of ether oxygens (including phenoxy) is 5. The van der Waals surface area contributed by atoms with Crippen LogP contribution in [0.2, 0.25) is 0 Å². The van der Waals surface area contributed by atoms with Gasteiger partial charge in [-0.1, -0.05) is 60.7 Å². The third kappa shape index (κ3) is 4.38. The Kier molecular flexibility index (Phi) is 6.01. The molecule has 6 heteroatoms. The minimum atomic E-state index is -0.893. The monoisotopic (exact) mass is 400 g/mol. The van der Waals surface area contributed by atoms with E-state index in [1.165, 1.54) is 0 Å². The average molecular weight is 400 g/mol. The van der Waals surface area contributed by atoms with Crippen LogP contribution in [0.25, 0.3) is 0 Å². The molecule has 2 aromatic rings. The van der Waals surface area contributed by atoms with E-state index in [4.69, 9.17) is 23.7 Å². The first-order valence-corrected chi connectivity index (χ1v) is 9.92. The highest BCUT2D eigenvalue weighted by Gasteiger charge is 2.56. The number of aliphatic hydroxyl groups excluding tert-OH is 1. The molecule has 0 radical (unpaired) electrons. The summed E-state index contributed by atoms with van der Waals surface area (Å²) < 4.78 is 29.4. The first-order valence-electron chi connectivity index (χ1n) is 9.92. The predicted octanol–water partition coefficient (Wildman–Crippen LogP) is 3.04. The van der Waals surface area contributed by atoms with Gasteiger partial charge in [0.25, 0.3) is 0 Å². The Hall–Kier alpha value is -1.80. The zero-order valence-electron chi connectivity index (χ0n) is 16.9. The Morgan fingerprint density at radius 3 is 2.10 bits per heavy atom. The maximum absolute atomic E-state index is 10.8. The molecule has 4 rings (SSSR count). The van der Waals surface area contributed by atoms with Crippen LogP contribution in [0.1, 0.15) is 31.1 Å². The lowest BCUT2D eigenvalue weighted by Gasteiger charge is -2.28. The fourth-order valence-electron chi connectivity index (χ4n) is 4.01. The van der Waals surface area contributed by atoms with Gasteiger partial charge in [-0.15, -0.1) is 0 Å². The first kappa shape index (κ1) is 20.5. The zero-order chi connectivity index (χ0) is 20.4. The third-order valence-electron chi connectivity index (χ3n) is 5.32. The van der Waals surface area contributed by atoms with Crippen LogP contribution in [0.3, 0.4) is 0 Å². The molecule has 2 heterocycles. The Balaban J connectivity index is 1.45. The number of hydrogen-bond acceptors (Lipinski definition) is 6. The lowest BCUT2D eigenvalue weighted by atomic mass is 10.0. The van der Waals surface area contributed by atoms with Crippen LogP contribution in [0, 0.1) is 0 Å². The lowest BCUT2D eigenvalue weighted by molar-refractivity contribution is -0.230. The molecule has 0 amide bonds. The molecule has 5 atom stereocenters. The van der Waals surface area contributed by atoms with E-state index in [1.807, 2.05) is 74.5 Å². The van der Waals surface area contributed by atoms with E-state index in [2.05, 4.69) is 0 Å². The Bertz CT molecular complexity index is 741. The average Bonchev–Trinajstić information content (AvgIpc) is 3.21. The molecule has 2 saturated heterocycles. The molecule has 0 saturated carbocycles. The summed E-state index contributed by atoms with van der Waals surface area (Å²) in [5.74, 6) is -0.732. The quantitative estimate of drug-likeness (QED) is 0.771. The molecule has 0 unspecified atom stereocenters. The summed E-state index contributed by atoms with van der Waals surface area (Å²) in [5.41, 5.74) is 2.04. The maximum atomic E-state index is 10.8. The number of fused-ring (bicyclic) bond motifs is 1. The van der Waals surface area contributed by atoms with Gasteiger partial charge < -0.3 is 28.8 Å². The second-order valence-corrected chi connectivity index (χ2v) is 7.87. The van der Waals surface area contributed by atoms with Crippen molar-refractivity contribution in [2.75, 3.05) is 13.7 Å². The molecule has 6 nitrogen and oxygen atoms in total. The van der Waals surface area contributed by atoms with Gasteiger partial charge in [0.2, 0.25) is 0 Å². The van der Waals surface area contributed by atoms with Gasteiger partial charge in [0.15, 0.2) is 12.1 Å². The minimum Gasteiger partial charge on any atom is -0.388 e. The molecule has 0 aliphatic carbocycles. The highest BCUT2D eigenvalue weighted by Crippen LogP contribution is 2.39. The van der Waals surface area contributed by atoms with E-state index in [-0.39, 0.29) is 18.8 Å². The maximum Gasteiger partial charge on any atom is 0.190 e. The normalized spacial score (nSPS) is 29.1. The number of rotatable bonds is 7. The molecule has 0 bridgehead atoms. The van der Waals surface area contributed by atoms with Crippen LogP contribution in [0.15, 0.2) is 60.7 Å². The van der Waals surface area contributed by atoms with E-state index >= 15 is 0 Å². The highest BCUT2D eigenvalue weighted by molar-refractivity contribution is 5.29. The Labute approximate surface area is 171 Å². The van der Waals surface area contributed by atoms with Crippen LogP contribution in [0.5, 0.6) is 0 Å². The molecular weight excluding hydrogens is 372 g/mol. The van der Waals surface area contributed by atoms with Crippen molar-refractivity contribution in [1.29, 1.82) is 0 Å². The molecule has 2 fully saturated rings. The van der Waals surface area contributed by atoms with Crippen molar-refractivity contribution in [3.8, 4) is 0 Å². The summed E-state index contributed by atoms with van der Waals surface area (Å²) >= 11 is 0. The summed E-state index contributed by atoms with van der Waals surface area (Å²) in [6, 6.07) is 19.9. The standard InChI is InChI=1S/C23H28O6/c1-23(2)28-21-20(25-3)19(27-22(21)29-23)17(24)14-26-18(15-10-6-4-7-11-15)16-12-8-5-9-13-16/h4-13,17-22,24H,14H2,1-3H3/t17-,19-,20+,21-,22-/m1/s1. The zero-order valence-corrected chi connectivity index (χ0v) is 16.9. The molecule has 2 aliphatic rings. The molecule has 0 aromatic heterocycles. The van der Waals surface area contributed by atoms with Crippen molar-refractivity contribution in [3.63, 3.8) is 0 Å². The van der Waals surface area contributed by atoms with Gasteiger partial charge in [-0.25, -0.2) is 0 Å². The fraction of sp³-hybridized carbons (Fsp3) is 0.478. The molecule has 2 aliphatic heterocycles. The van der Waals surface area contributed by atoms with Gasteiger partial charge in [0, 0.05) is 7.11 Å². The SMILES string of the molecule is CO[C@@H]1[C@H]2OC(C)(C)O[C@H]2O[C@@H]1[C@H](O)COC(c1ccccc1)c1ccccc1. The van der Waals surface area contributed by atoms with Gasteiger partial charge >= 0.3 is 0 Å². The van der Waals surface area contributed by atoms with Gasteiger partial charge in [-0.2, -0.15) is 0 Å². The fourth-order valence-corrected chi connectivity index (χ4v) is 4.01. The number of aliphatic hydroxyl groups is 1. The van der Waals surface area contributed by atoms with E-state index in [0.717, 1.165) is 11.1 Å². The smallest absolute Gasteiger partial charge is 0.190 e. The van der Waals surface area contributed by atoms with Gasteiger partial charge in [-0.3, -0.25) is 0 Å². The first-order chi connectivity index (χ1) is 14.0. The molecule has 29 heavy (non-hydrogen) atoms. The van der Waals surface area contributed by atoms with E-state index in [0.29, 0.717) is 0 Å². The van der Waals surface area contributed by atoms with Crippen molar-refractivity contribution in [2.45, 2.75) is 56.4 Å². The summed E-state index contributed by atoms with van der Waals surface area (Å²) in [6.45, 7) is 3.75. The van der Waals surface area contributed by atoms with Crippen molar-refractivity contribution in [1.82, 2.24) is 0 Å². The van der Waals surface area contributed by atoms with Crippen LogP contribution in [0.4, 0.5) is 0 Å². The number of benzene rings is 2. The second kappa shape index (κ2) is 8.52. The van der Waals surface area contributed by atoms with Crippen molar-refractivity contribution in [2.24, 2.45) is 0 Å². The van der Waals surface area contributed by atoms with Crippen molar-refractivity contribution < 1.29 is 28.8 Å². The Morgan fingerprint density at radius 1 is 0.966 bits per heavy atom. The van der Waals surface area contributed by atoms with Crippen molar-refractivity contribution >= 4 is 0 Å². The van der Waals surface area contributed by atoms with Crippen LogP contribution >= 0.6 is 0 Å².